The third kappa shape index (κ3) is 3.22. The minimum Gasteiger partial charge on any atom is -0.340 e. The first-order chi connectivity index (χ1) is 8.97. The predicted molar refractivity (Wildman–Crippen MR) is 72.9 cm³/mol. The minimum atomic E-state index is -0.323. The molecule has 0 aliphatic carbocycles. The summed E-state index contributed by atoms with van der Waals surface area (Å²) in [5, 5.41) is 0.659. The molecule has 0 unspecified atom stereocenters. The van der Waals surface area contributed by atoms with Crippen LogP contribution in [0.1, 0.15) is 27.3 Å². The molecule has 4 nitrogen and oxygen atoms in total. The van der Waals surface area contributed by atoms with Gasteiger partial charge in [0, 0.05) is 18.8 Å². The summed E-state index contributed by atoms with van der Waals surface area (Å²) in [6, 6.07) is 4.53. The topological polar surface area (TPSA) is 52.0 Å². The molecule has 2 rings (SSSR count). The van der Waals surface area contributed by atoms with E-state index >= 15 is 0 Å². The van der Waals surface area contributed by atoms with Crippen molar-refractivity contribution in [2.75, 3.05) is 0 Å². The van der Waals surface area contributed by atoms with Gasteiger partial charge in [-0.25, -0.2) is 4.98 Å². The van der Waals surface area contributed by atoms with E-state index in [0.717, 1.165) is 0 Å². The summed E-state index contributed by atoms with van der Waals surface area (Å²) in [6.07, 6.45) is 2.84. The first-order valence-electron chi connectivity index (χ1n) is 5.47. The molecular weight excluding hydrogens is 287 g/mol. The molecule has 1 heterocycles. The van der Waals surface area contributed by atoms with E-state index in [1.807, 2.05) is 0 Å². The molecule has 0 bridgehead atoms. The van der Waals surface area contributed by atoms with Gasteiger partial charge in [0.1, 0.15) is 5.69 Å². The molecule has 19 heavy (non-hydrogen) atoms. The van der Waals surface area contributed by atoms with Crippen LogP contribution < -0.4 is 0 Å². The number of imidazole rings is 1. The Hall–Kier alpha value is -1.65. The second kappa shape index (κ2) is 5.55. The minimum absolute atomic E-state index is 0.241. The molecule has 1 aromatic carbocycles. The van der Waals surface area contributed by atoms with Crippen molar-refractivity contribution in [2.24, 2.45) is 7.05 Å². The van der Waals surface area contributed by atoms with E-state index in [-0.39, 0.29) is 28.7 Å². The summed E-state index contributed by atoms with van der Waals surface area (Å²) in [4.78, 5) is 27.7. The number of nitrogens with zero attached hydrogens (tertiary/aromatic N) is 2. The van der Waals surface area contributed by atoms with Crippen molar-refractivity contribution in [1.82, 2.24) is 9.55 Å². The molecule has 1 aromatic heterocycles. The number of rotatable bonds is 4. The molecule has 0 aliphatic rings. The van der Waals surface area contributed by atoms with Crippen molar-refractivity contribution in [3.8, 4) is 0 Å². The van der Waals surface area contributed by atoms with Crippen LogP contribution in [0.2, 0.25) is 10.0 Å². The summed E-state index contributed by atoms with van der Waals surface area (Å²) < 4.78 is 1.65. The van der Waals surface area contributed by atoms with Crippen molar-refractivity contribution in [3.05, 3.63) is 52.0 Å². The van der Waals surface area contributed by atoms with Crippen molar-refractivity contribution >= 4 is 34.8 Å². The van der Waals surface area contributed by atoms with E-state index in [1.54, 1.807) is 23.9 Å². The largest absolute Gasteiger partial charge is 0.340 e. The van der Waals surface area contributed by atoms with Crippen LogP contribution in [0.25, 0.3) is 0 Å². The van der Waals surface area contributed by atoms with E-state index in [0.29, 0.717) is 10.6 Å². The fourth-order valence-corrected chi connectivity index (χ4v) is 1.86. The second-order valence-electron chi connectivity index (χ2n) is 4.08. The fraction of sp³-hybridized carbons (Fsp3) is 0.154. The number of carbonyl (C=O) groups is 2. The number of aromatic nitrogens is 2. The van der Waals surface area contributed by atoms with E-state index in [2.05, 4.69) is 4.98 Å². The Morgan fingerprint density at radius 1 is 1.21 bits per heavy atom. The molecule has 0 fully saturated rings. The van der Waals surface area contributed by atoms with E-state index in [4.69, 9.17) is 23.2 Å². The number of hydrogen-bond donors (Lipinski definition) is 0. The number of halogens is 2. The first kappa shape index (κ1) is 13.8. The first-order valence-corrected chi connectivity index (χ1v) is 6.22. The van der Waals surface area contributed by atoms with Crippen LogP contribution in [0.15, 0.2) is 30.7 Å². The number of Topliss-reactive ketones (excluding diaryl/α,β-unsaturated/α-hetero) is 2. The van der Waals surface area contributed by atoms with E-state index in [1.165, 1.54) is 18.5 Å². The van der Waals surface area contributed by atoms with Gasteiger partial charge in [0.15, 0.2) is 11.6 Å². The van der Waals surface area contributed by atoms with Gasteiger partial charge in [-0.3, -0.25) is 9.59 Å². The molecule has 0 aliphatic heterocycles. The van der Waals surface area contributed by atoms with Crippen LogP contribution in [-0.4, -0.2) is 21.1 Å². The third-order valence-electron chi connectivity index (χ3n) is 2.55. The Kier molecular flexibility index (Phi) is 4.02. The highest BCUT2D eigenvalue weighted by molar-refractivity contribution is 6.42. The van der Waals surface area contributed by atoms with Crippen LogP contribution in [0.4, 0.5) is 0 Å². The number of aryl methyl sites for hydroxylation is 1. The molecule has 2 aromatic rings. The smallest absolute Gasteiger partial charge is 0.190 e. The Morgan fingerprint density at radius 2 is 1.95 bits per heavy atom. The number of hydrogen-bond acceptors (Lipinski definition) is 3. The van der Waals surface area contributed by atoms with Gasteiger partial charge < -0.3 is 4.57 Å². The summed E-state index contributed by atoms with van der Waals surface area (Å²) in [6.45, 7) is 0. The molecular formula is C13H10Cl2N2O2. The van der Waals surface area contributed by atoms with Gasteiger partial charge in [0.25, 0.3) is 0 Å². The summed E-state index contributed by atoms with van der Waals surface area (Å²) in [5.74, 6) is -0.633. The lowest BCUT2D eigenvalue weighted by Gasteiger charge is -2.01. The van der Waals surface area contributed by atoms with Crippen molar-refractivity contribution in [3.63, 3.8) is 0 Å². The molecule has 0 amide bonds. The lowest BCUT2D eigenvalue weighted by atomic mass is 10.1. The number of benzene rings is 1. The summed E-state index contributed by atoms with van der Waals surface area (Å²) >= 11 is 11.6. The standard InChI is InChI=1S/C13H10Cl2N2O2/c1-17-6-11(16-7-17)13(19)5-12(18)8-2-3-9(14)10(15)4-8/h2-4,6-7H,5H2,1H3. The van der Waals surface area contributed by atoms with Gasteiger partial charge in [-0.1, -0.05) is 23.2 Å². The maximum atomic E-state index is 11.9. The Bertz CT molecular complexity index is 650. The van der Waals surface area contributed by atoms with Crippen molar-refractivity contribution in [1.29, 1.82) is 0 Å². The Labute approximate surface area is 120 Å². The van der Waals surface area contributed by atoms with Gasteiger partial charge >= 0.3 is 0 Å². The molecule has 0 radical (unpaired) electrons. The monoisotopic (exact) mass is 296 g/mol. The molecule has 0 saturated carbocycles. The summed E-state index contributed by atoms with van der Waals surface area (Å²) in [5.41, 5.74) is 0.634. The second-order valence-corrected chi connectivity index (χ2v) is 4.89. The summed E-state index contributed by atoms with van der Waals surface area (Å²) in [7, 11) is 1.75. The lowest BCUT2D eigenvalue weighted by molar-refractivity contribution is 0.0891. The maximum Gasteiger partial charge on any atom is 0.190 e. The molecule has 98 valence electrons. The van der Waals surface area contributed by atoms with Gasteiger partial charge in [-0.15, -0.1) is 0 Å². The quantitative estimate of drug-likeness (QED) is 0.643. The molecule has 0 atom stereocenters. The molecule has 6 heteroatoms. The van der Waals surface area contributed by atoms with Crippen LogP contribution in [0.3, 0.4) is 0 Å². The average Bonchev–Trinajstić information content (AvgIpc) is 2.79. The SMILES string of the molecule is Cn1cnc(C(=O)CC(=O)c2ccc(Cl)c(Cl)c2)c1. The molecule has 0 spiro atoms. The van der Waals surface area contributed by atoms with Gasteiger partial charge in [0.2, 0.25) is 0 Å². The van der Waals surface area contributed by atoms with E-state index < -0.39 is 0 Å². The number of carbonyl (C=O) groups excluding carboxylic acids is 2. The fourth-order valence-electron chi connectivity index (χ4n) is 1.56. The number of ketones is 2. The van der Waals surface area contributed by atoms with Crippen LogP contribution in [0.5, 0.6) is 0 Å². The maximum absolute atomic E-state index is 11.9. The predicted octanol–water partition coefficient (Wildman–Crippen LogP) is 3.18. The normalized spacial score (nSPS) is 10.5. The third-order valence-corrected chi connectivity index (χ3v) is 3.29. The van der Waals surface area contributed by atoms with Gasteiger partial charge in [0.05, 0.1) is 22.8 Å². The highest BCUT2D eigenvalue weighted by Gasteiger charge is 2.16. The molecule has 0 saturated heterocycles. The highest BCUT2D eigenvalue weighted by atomic mass is 35.5. The zero-order valence-electron chi connectivity index (χ0n) is 10.1. The lowest BCUT2D eigenvalue weighted by Crippen LogP contribution is -2.09. The molecule has 0 N–H and O–H groups in total. The Morgan fingerprint density at radius 3 is 2.53 bits per heavy atom. The zero-order valence-corrected chi connectivity index (χ0v) is 11.6. The van der Waals surface area contributed by atoms with Gasteiger partial charge in [-0.2, -0.15) is 0 Å². The van der Waals surface area contributed by atoms with Gasteiger partial charge in [-0.05, 0) is 18.2 Å². The van der Waals surface area contributed by atoms with Crippen molar-refractivity contribution in [2.45, 2.75) is 6.42 Å². The van der Waals surface area contributed by atoms with E-state index in [9.17, 15) is 9.59 Å². The van der Waals surface area contributed by atoms with Crippen LogP contribution in [-0.2, 0) is 7.05 Å². The Balaban J connectivity index is 2.12. The van der Waals surface area contributed by atoms with Crippen LogP contribution >= 0.6 is 23.2 Å². The average molecular weight is 297 g/mol. The zero-order chi connectivity index (χ0) is 14.0. The highest BCUT2D eigenvalue weighted by Crippen LogP contribution is 2.23. The van der Waals surface area contributed by atoms with Crippen molar-refractivity contribution < 1.29 is 9.59 Å². The van der Waals surface area contributed by atoms with Crippen LogP contribution in [0, 0.1) is 0 Å².